The van der Waals surface area contributed by atoms with E-state index in [0.29, 0.717) is 21.7 Å². The van der Waals surface area contributed by atoms with Crippen LogP contribution in [0.15, 0.2) is 46.2 Å². The average molecular weight is 421 g/mol. The van der Waals surface area contributed by atoms with Crippen LogP contribution in [-0.2, 0) is 0 Å². The molecule has 0 amide bonds. The first-order valence-corrected chi connectivity index (χ1v) is 9.52. The molecule has 0 bridgehead atoms. The fourth-order valence-electron chi connectivity index (χ4n) is 3.51. The molecular formula is C22H17ClN4O3. The molecule has 150 valence electrons. The smallest absolute Gasteiger partial charge is 0.329 e. The number of aromatic amines is 1. The minimum atomic E-state index is -0.806. The molecule has 3 N–H and O–H groups in total. The van der Waals surface area contributed by atoms with Crippen LogP contribution in [0.2, 0.25) is 5.02 Å². The quantitative estimate of drug-likeness (QED) is 0.598. The Balaban J connectivity index is 1.76. The highest BCUT2D eigenvalue weighted by molar-refractivity contribution is 6.32. The Morgan fingerprint density at radius 3 is 2.70 bits per heavy atom. The van der Waals surface area contributed by atoms with Crippen molar-refractivity contribution in [3.05, 3.63) is 79.9 Å². The number of fused-ring (bicyclic) bond motifs is 1. The molecule has 0 saturated carbocycles. The number of nitriles is 1. The number of nitrogens with one attached hydrogen (secondary N) is 1. The molecule has 30 heavy (non-hydrogen) atoms. The number of rotatable bonds is 4. The van der Waals surface area contributed by atoms with E-state index in [0.717, 1.165) is 21.4 Å². The molecule has 2 aromatic carbocycles. The molecule has 0 spiro atoms. The zero-order chi connectivity index (χ0) is 21.4. The van der Waals surface area contributed by atoms with Crippen molar-refractivity contribution in [3.63, 3.8) is 0 Å². The van der Waals surface area contributed by atoms with E-state index >= 15 is 0 Å². The number of allylic oxidation sites excluding steroid dienone is 1. The van der Waals surface area contributed by atoms with Crippen LogP contribution in [0, 0.1) is 18.3 Å². The van der Waals surface area contributed by atoms with Crippen LogP contribution in [0.4, 0.5) is 5.69 Å². The summed E-state index contributed by atoms with van der Waals surface area (Å²) in [6.45, 7) is 1.47. The minimum absolute atomic E-state index is 0.203. The summed E-state index contributed by atoms with van der Waals surface area (Å²) < 4.78 is 1.09. The summed E-state index contributed by atoms with van der Waals surface area (Å²) in [4.78, 5) is 19.6. The van der Waals surface area contributed by atoms with Gasteiger partial charge in [-0.3, -0.25) is 9.56 Å². The summed E-state index contributed by atoms with van der Waals surface area (Å²) >= 11 is 6.15. The number of aliphatic imine (C=N–C) groups is 1. The third kappa shape index (κ3) is 3.22. The molecule has 3 aromatic rings. The number of benzene rings is 2. The van der Waals surface area contributed by atoms with E-state index in [9.17, 15) is 15.0 Å². The number of H-pyrrole nitrogens is 1. The van der Waals surface area contributed by atoms with Gasteiger partial charge >= 0.3 is 5.69 Å². The molecule has 0 saturated heterocycles. The molecule has 0 unspecified atom stereocenters. The molecule has 1 aliphatic rings. The van der Waals surface area contributed by atoms with Crippen LogP contribution in [0.3, 0.4) is 0 Å². The standard InChI is InChI=1S/C22H17ClN4O3/c1-12-17(23)7-6-16-15(10-25-20(12)16)8-18-21(29)27(22(30)26-18)19(11-28)14-4-2-13(9-24)3-5-14/h2-8,10,19,28-29H,11H2,1H3,(H,26,30)/b15-8+/t19-/m1/s1. The van der Waals surface area contributed by atoms with Gasteiger partial charge in [-0.25, -0.2) is 4.79 Å². The zero-order valence-electron chi connectivity index (χ0n) is 15.9. The number of halogens is 1. The molecule has 8 heteroatoms. The van der Waals surface area contributed by atoms with Crippen molar-refractivity contribution >= 4 is 35.2 Å². The van der Waals surface area contributed by atoms with Gasteiger partial charge in [-0.15, -0.1) is 0 Å². The van der Waals surface area contributed by atoms with Crippen LogP contribution in [0.1, 0.15) is 34.0 Å². The first-order chi connectivity index (χ1) is 14.4. The monoisotopic (exact) mass is 420 g/mol. The predicted octanol–water partition coefficient (Wildman–Crippen LogP) is 3.55. The topological polar surface area (TPSA) is 114 Å². The first-order valence-electron chi connectivity index (χ1n) is 9.14. The fraction of sp³-hybridized carbons (Fsp3) is 0.136. The number of imidazole rings is 1. The highest BCUT2D eigenvalue weighted by Crippen LogP contribution is 2.39. The predicted molar refractivity (Wildman–Crippen MR) is 115 cm³/mol. The Morgan fingerprint density at radius 2 is 2.03 bits per heavy atom. The third-order valence-electron chi connectivity index (χ3n) is 5.15. The van der Waals surface area contributed by atoms with Gasteiger partial charge in [-0.1, -0.05) is 29.8 Å². The zero-order valence-corrected chi connectivity index (χ0v) is 16.7. The molecule has 0 aliphatic carbocycles. The largest absolute Gasteiger partial charge is 0.493 e. The second kappa shape index (κ2) is 7.67. The summed E-state index contributed by atoms with van der Waals surface area (Å²) in [5.74, 6) is -0.302. The number of aliphatic hydroxyl groups excluding tert-OH is 1. The Morgan fingerprint density at radius 1 is 1.30 bits per heavy atom. The highest BCUT2D eigenvalue weighted by atomic mass is 35.5. The van der Waals surface area contributed by atoms with Crippen LogP contribution >= 0.6 is 11.6 Å². The lowest BCUT2D eigenvalue weighted by Crippen LogP contribution is -2.25. The van der Waals surface area contributed by atoms with Gasteiger partial charge in [0.15, 0.2) is 0 Å². The van der Waals surface area contributed by atoms with Gasteiger partial charge in [0.05, 0.1) is 30.0 Å². The second-order valence-electron chi connectivity index (χ2n) is 6.90. The lowest BCUT2D eigenvalue weighted by molar-refractivity contribution is 0.237. The van der Waals surface area contributed by atoms with Crippen molar-refractivity contribution in [1.29, 1.82) is 5.26 Å². The minimum Gasteiger partial charge on any atom is -0.493 e. The Bertz CT molecular complexity index is 1290. The molecule has 7 nitrogen and oxygen atoms in total. The van der Waals surface area contributed by atoms with E-state index in [1.54, 1.807) is 42.6 Å². The number of aliphatic hydroxyl groups is 1. The van der Waals surface area contributed by atoms with Crippen LogP contribution in [0.25, 0.3) is 11.6 Å². The van der Waals surface area contributed by atoms with Gasteiger partial charge in [-0.2, -0.15) is 5.26 Å². The maximum absolute atomic E-state index is 12.6. The second-order valence-corrected chi connectivity index (χ2v) is 7.30. The lowest BCUT2D eigenvalue weighted by Gasteiger charge is -2.16. The fourth-order valence-corrected chi connectivity index (χ4v) is 3.66. The van der Waals surface area contributed by atoms with E-state index in [1.165, 1.54) is 0 Å². The molecule has 2 heterocycles. The average Bonchev–Trinajstić information content (AvgIpc) is 3.28. The maximum Gasteiger partial charge on any atom is 0.329 e. The van der Waals surface area contributed by atoms with Crippen LogP contribution < -0.4 is 5.69 Å². The Kier molecular flexibility index (Phi) is 5.04. The molecule has 0 radical (unpaired) electrons. The van der Waals surface area contributed by atoms with Crippen molar-refractivity contribution in [2.75, 3.05) is 6.61 Å². The van der Waals surface area contributed by atoms with Crippen LogP contribution in [-0.4, -0.2) is 32.6 Å². The summed E-state index contributed by atoms with van der Waals surface area (Å²) in [5, 5.41) is 30.2. The summed E-state index contributed by atoms with van der Waals surface area (Å²) in [6, 6.07) is 11.3. The number of nitrogens with zero attached hydrogens (tertiary/aromatic N) is 3. The van der Waals surface area contributed by atoms with E-state index in [-0.39, 0.29) is 11.6 Å². The van der Waals surface area contributed by atoms with Crippen LogP contribution in [0.5, 0.6) is 5.88 Å². The van der Waals surface area contributed by atoms with E-state index in [4.69, 9.17) is 16.9 Å². The first kappa shape index (κ1) is 19.7. The highest BCUT2D eigenvalue weighted by Gasteiger charge is 2.23. The number of hydrogen-bond acceptors (Lipinski definition) is 5. The molecule has 0 fully saturated rings. The molecular weight excluding hydrogens is 404 g/mol. The summed E-state index contributed by atoms with van der Waals surface area (Å²) in [7, 11) is 0. The third-order valence-corrected chi connectivity index (χ3v) is 5.56. The number of aromatic hydroxyl groups is 1. The Labute approximate surface area is 176 Å². The van der Waals surface area contributed by atoms with E-state index in [2.05, 4.69) is 9.98 Å². The van der Waals surface area contributed by atoms with Crippen molar-refractivity contribution in [1.82, 2.24) is 9.55 Å². The van der Waals surface area contributed by atoms with Crippen molar-refractivity contribution in [2.24, 2.45) is 4.99 Å². The van der Waals surface area contributed by atoms with Gasteiger partial charge in [-0.05, 0) is 42.3 Å². The van der Waals surface area contributed by atoms with E-state index < -0.39 is 18.3 Å². The Hall–Kier alpha value is -3.60. The number of hydrogen-bond donors (Lipinski definition) is 3. The molecule has 1 aromatic heterocycles. The SMILES string of the molecule is Cc1c(Cl)ccc2c1N=C/C2=C\c1[nH]c(=O)n([C@H](CO)c2ccc(C#N)cc2)c1O. The lowest BCUT2D eigenvalue weighted by atomic mass is 10.0. The van der Waals surface area contributed by atoms with Crippen molar-refractivity contribution in [3.8, 4) is 11.9 Å². The molecule has 4 rings (SSSR count). The van der Waals surface area contributed by atoms with Gasteiger partial charge in [0.25, 0.3) is 0 Å². The maximum atomic E-state index is 12.6. The van der Waals surface area contributed by atoms with Gasteiger partial charge in [0.1, 0.15) is 5.69 Å². The molecule has 1 atom stereocenters. The van der Waals surface area contributed by atoms with Gasteiger partial charge < -0.3 is 15.2 Å². The van der Waals surface area contributed by atoms with Crippen molar-refractivity contribution in [2.45, 2.75) is 13.0 Å². The van der Waals surface area contributed by atoms with Crippen molar-refractivity contribution < 1.29 is 10.2 Å². The summed E-state index contributed by atoms with van der Waals surface area (Å²) in [6.07, 6.45) is 3.27. The normalized spacial score (nSPS) is 14.7. The van der Waals surface area contributed by atoms with Gasteiger partial charge in [0, 0.05) is 22.4 Å². The summed E-state index contributed by atoms with van der Waals surface area (Å²) in [5.41, 5.74) is 3.85. The van der Waals surface area contributed by atoms with E-state index in [1.807, 2.05) is 19.1 Å². The molecule has 1 aliphatic heterocycles. The number of aromatic nitrogens is 2. The van der Waals surface area contributed by atoms with Gasteiger partial charge in [0.2, 0.25) is 5.88 Å².